The Morgan fingerprint density at radius 2 is 2.00 bits per heavy atom. The number of piperidine rings is 1. The average Bonchev–Trinajstić information content (AvgIpc) is 2.25. The lowest BCUT2D eigenvalue weighted by Crippen LogP contribution is -2.35. The van der Waals surface area contributed by atoms with Gasteiger partial charge < -0.3 is 14.7 Å². The molecule has 1 saturated heterocycles. The highest BCUT2D eigenvalue weighted by Gasteiger charge is 2.15. The van der Waals surface area contributed by atoms with Gasteiger partial charge in [-0.05, 0) is 38.3 Å². The summed E-state index contributed by atoms with van der Waals surface area (Å²) in [6.45, 7) is 4.52. The Morgan fingerprint density at radius 3 is 2.57 bits per heavy atom. The van der Waals surface area contributed by atoms with E-state index in [-0.39, 0.29) is 0 Å². The van der Waals surface area contributed by atoms with Crippen molar-refractivity contribution in [3.8, 4) is 0 Å². The molecular weight excluding hydrogens is 178 g/mol. The lowest BCUT2D eigenvalue weighted by molar-refractivity contribution is 0.110. The van der Waals surface area contributed by atoms with Crippen molar-refractivity contribution in [3.05, 3.63) is 0 Å². The number of likely N-dealkylation sites (tertiary alicyclic amines) is 1. The first-order valence-electron chi connectivity index (χ1n) is 5.69. The highest BCUT2D eigenvalue weighted by Crippen LogP contribution is 2.12. The number of methoxy groups -OCH3 is 1. The average molecular weight is 201 g/mol. The van der Waals surface area contributed by atoms with E-state index in [1.165, 1.54) is 32.4 Å². The summed E-state index contributed by atoms with van der Waals surface area (Å²) >= 11 is 0. The van der Waals surface area contributed by atoms with Crippen LogP contribution in [0, 0.1) is 5.92 Å². The Bertz CT molecular complexity index is 135. The molecule has 0 aromatic rings. The van der Waals surface area contributed by atoms with Gasteiger partial charge >= 0.3 is 0 Å². The van der Waals surface area contributed by atoms with E-state index in [4.69, 9.17) is 4.74 Å². The predicted octanol–water partition coefficient (Wildman–Crippen LogP) is 1.12. The molecular formula is C11H23NO2. The monoisotopic (exact) mass is 201 g/mol. The summed E-state index contributed by atoms with van der Waals surface area (Å²) in [4.78, 5) is 2.47. The van der Waals surface area contributed by atoms with Crippen LogP contribution in [0.3, 0.4) is 0 Å². The maximum Gasteiger partial charge on any atom is 0.0472 e. The highest BCUT2D eigenvalue weighted by molar-refractivity contribution is 4.69. The van der Waals surface area contributed by atoms with Crippen molar-refractivity contribution in [2.24, 2.45) is 5.92 Å². The van der Waals surface area contributed by atoms with E-state index in [9.17, 15) is 5.11 Å². The second-order valence-electron chi connectivity index (χ2n) is 4.19. The van der Waals surface area contributed by atoms with Gasteiger partial charge in [-0.15, -0.1) is 0 Å². The van der Waals surface area contributed by atoms with Crippen LogP contribution >= 0.6 is 0 Å². The van der Waals surface area contributed by atoms with Crippen LogP contribution in [0.15, 0.2) is 0 Å². The maximum atomic E-state index is 9.20. The number of ether oxygens (including phenoxy) is 1. The second-order valence-corrected chi connectivity index (χ2v) is 4.19. The third-order valence-electron chi connectivity index (χ3n) is 2.95. The fourth-order valence-corrected chi connectivity index (χ4v) is 2.03. The third kappa shape index (κ3) is 4.40. The van der Waals surface area contributed by atoms with Crippen molar-refractivity contribution >= 4 is 0 Å². The van der Waals surface area contributed by atoms with Crippen molar-refractivity contribution in [3.63, 3.8) is 0 Å². The normalized spacial score (nSPS) is 21.0. The van der Waals surface area contributed by atoms with Crippen LogP contribution in [0.25, 0.3) is 0 Å². The molecule has 3 nitrogen and oxygen atoms in total. The number of nitrogens with zero attached hydrogens (tertiary/aromatic N) is 1. The molecule has 84 valence electrons. The van der Waals surface area contributed by atoms with Crippen LogP contribution in [-0.2, 0) is 4.74 Å². The Balaban J connectivity index is 2.16. The zero-order valence-corrected chi connectivity index (χ0v) is 9.24. The molecule has 0 saturated carbocycles. The molecule has 0 aliphatic carbocycles. The van der Waals surface area contributed by atoms with Crippen molar-refractivity contribution < 1.29 is 9.84 Å². The lowest BCUT2D eigenvalue weighted by atomic mass is 10.0. The first-order chi connectivity index (χ1) is 6.86. The van der Waals surface area contributed by atoms with E-state index in [0.717, 1.165) is 19.6 Å². The van der Waals surface area contributed by atoms with Crippen LogP contribution in [0.1, 0.15) is 25.7 Å². The van der Waals surface area contributed by atoms with E-state index in [2.05, 4.69) is 4.90 Å². The SMILES string of the molecule is COCCC(CO)CN1CCCCC1. The van der Waals surface area contributed by atoms with Crippen molar-refractivity contribution in [2.75, 3.05) is 40.0 Å². The zero-order valence-electron chi connectivity index (χ0n) is 9.24. The molecule has 1 rings (SSSR count). The molecule has 0 spiro atoms. The van der Waals surface area contributed by atoms with Crippen LogP contribution < -0.4 is 0 Å². The summed E-state index contributed by atoms with van der Waals surface area (Å²) < 4.78 is 5.03. The van der Waals surface area contributed by atoms with E-state index < -0.39 is 0 Å². The van der Waals surface area contributed by atoms with Gasteiger partial charge in [0.1, 0.15) is 0 Å². The molecule has 0 radical (unpaired) electrons. The van der Waals surface area contributed by atoms with Gasteiger partial charge in [-0.1, -0.05) is 6.42 Å². The molecule has 0 amide bonds. The summed E-state index contributed by atoms with van der Waals surface area (Å²) in [6, 6.07) is 0. The Kier molecular flexibility index (Phi) is 6.15. The summed E-state index contributed by atoms with van der Waals surface area (Å²) in [7, 11) is 1.72. The van der Waals surface area contributed by atoms with Crippen LogP contribution in [-0.4, -0.2) is 50.0 Å². The van der Waals surface area contributed by atoms with Crippen LogP contribution in [0.4, 0.5) is 0 Å². The van der Waals surface area contributed by atoms with Crippen molar-refractivity contribution in [1.82, 2.24) is 4.90 Å². The Labute approximate surface area is 87.1 Å². The minimum Gasteiger partial charge on any atom is -0.396 e. The van der Waals surface area contributed by atoms with E-state index >= 15 is 0 Å². The number of aliphatic hydroxyl groups excluding tert-OH is 1. The van der Waals surface area contributed by atoms with Gasteiger partial charge in [0.25, 0.3) is 0 Å². The van der Waals surface area contributed by atoms with Crippen molar-refractivity contribution in [1.29, 1.82) is 0 Å². The van der Waals surface area contributed by atoms with Crippen LogP contribution in [0.2, 0.25) is 0 Å². The van der Waals surface area contributed by atoms with E-state index in [0.29, 0.717) is 12.5 Å². The quantitative estimate of drug-likeness (QED) is 0.699. The summed E-state index contributed by atoms with van der Waals surface area (Å²) in [6.07, 6.45) is 4.99. The van der Waals surface area contributed by atoms with Crippen LogP contribution in [0.5, 0.6) is 0 Å². The molecule has 14 heavy (non-hydrogen) atoms. The number of rotatable bonds is 6. The van der Waals surface area contributed by atoms with Gasteiger partial charge in [0, 0.05) is 26.9 Å². The first-order valence-corrected chi connectivity index (χ1v) is 5.69. The molecule has 1 aliphatic heterocycles. The summed E-state index contributed by atoms with van der Waals surface area (Å²) in [5.41, 5.74) is 0. The van der Waals surface area contributed by atoms with Crippen molar-refractivity contribution in [2.45, 2.75) is 25.7 Å². The number of hydrogen-bond acceptors (Lipinski definition) is 3. The molecule has 0 aromatic heterocycles. The molecule has 1 atom stereocenters. The molecule has 1 heterocycles. The molecule has 3 heteroatoms. The molecule has 0 aromatic carbocycles. The molecule has 1 fully saturated rings. The predicted molar refractivity (Wildman–Crippen MR) is 57.4 cm³/mol. The fourth-order valence-electron chi connectivity index (χ4n) is 2.03. The van der Waals surface area contributed by atoms with Gasteiger partial charge in [0.05, 0.1) is 0 Å². The number of aliphatic hydroxyl groups is 1. The minimum absolute atomic E-state index is 0.292. The zero-order chi connectivity index (χ0) is 10.2. The van der Waals surface area contributed by atoms with E-state index in [1.807, 2.05) is 0 Å². The van der Waals surface area contributed by atoms with Gasteiger partial charge in [0.2, 0.25) is 0 Å². The topological polar surface area (TPSA) is 32.7 Å². The first kappa shape index (κ1) is 12.0. The largest absolute Gasteiger partial charge is 0.396 e. The molecule has 1 aliphatic rings. The summed E-state index contributed by atoms with van der Waals surface area (Å²) in [5, 5.41) is 9.20. The Hall–Kier alpha value is -0.120. The molecule has 1 unspecified atom stereocenters. The standard InChI is InChI=1S/C11H23NO2/c1-14-8-5-11(10-13)9-12-6-3-2-4-7-12/h11,13H,2-10H2,1H3. The maximum absolute atomic E-state index is 9.20. The molecule has 1 N–H and O–H groups in total. The van der Waals surface area contributed by atoms with Gasteiger partial charge in [-0.25, -0.2) is 0 Å². The Morgan fingerprint density at radius 1 is 1.29 bits per heavy atom. The fraction of sp³-hybridized carbons (Fsp3) is 1.00. The van der Waals surface area contributed by atoms with Gasteiger partial charge in [0.15, 0.2) is 0 Å². The minimum atomic E-state index is 0.292. The highest BCUT2D eigenvalue weighted by atomic mass is 16.5. The van der Waals surface area contributed by atoms with E-state index in [1.54, 1.807) is 7.11 Å². The smallest absolute Gasteiger partial charge is 0.0472 e. The molecule has 0 bridgehead atoms. The second kappa shape index (κ2) is 7.21. The summed E-state index contributed by atoms with van der Waals surface area (Å²) in [5.74, 6) is 0.396. The third-order valence-corrected chi connectivity index (χ3v) is 2.95. The number of hydrogen-bond donors (Lipinski definition) is 1. The van der Waals surface area contributed by atoms with Gasteiger partial charge in [-0.2, -0.15) is 0 Å². The van der Waals surface area contributed by atoms with Gasteiger partial charge in [-0.3, -0.25) is 0 Å². The lowest BCUT2D eigenvalue weighted by Gasteiger charge is -2.29.